The Morgan fingerprint density at radius 3 is 2.80 bits per heavy atom. The Kier molecular flexibility index (Phi) is 3.54. The molecule has 0 aromatic carbocycles. The third-order valence-corrected chi connectivity index (χ3v) is 4.34. The first-order chi connectivity index (χ1) is 9.66. The highest BCUT2D eigenvalue weighted by Gasteiger charge is 2.24. The molecular formula is C13H17N5OS. The minimum Gasteiger partial charge on any atom is -0.352 e. The fourth-order valence-electron chi connectivity index (χ4n) is 2.46. The Balaban J connectivity index is 1.75. The van der Waals surface area contributed by atoms with Crippen LogP contribution >= 0.6 is 11.3 Å². The molecule has 3 rings (SSSR count). The Morgan fingerprint density at radius 1 is 1.35 bits per heavy atom. The number of carbonyl (C=O) groups excluding carboxylic acids is 1. The molecule has 1 amide bonds. The summed E-state index contributed by atoms with van der Waals surface area (Å²) < 4.78 is 0. The molecule has 7 heteroatoms. The molecule has 1 aliphatic rings. The lowest BCUT2D eigenvalue weighted by molar-refractivity contribution is -0.132. The number of nitrogens with zero attached hydrogens (tertiary/aromatic N) is 4. The molecule has 3 heterocycles. The van der Waals surface area contributed by atoms with Crippen molar-refractivity contribution >= 4 is 33.3 Å². The molecule has 2 N–H and O–H groups in total. The topological polar surface area (TPSA) is 75.4 Å². The summed E-state index contributed by atoms with van der Waals surface area (Å²) in [5, 5.41) is 3.11. The SMILES string of the molecule is CC(N)C(=O)N1CCN(c2ncnc3sccc23)CC1. The fourth-order valence-corrected chi connectivity index (χ4v) is 3.18. The summed E-state index contributed by atoms with van der Waals surface area (Å²) in [6.45, 7) is 4.67. The average Bonchev–Trinajstić information content (AvgIpc) is 2.95. The lowest BCUT2D eigenvalue weighted by atomic mass is 10.2. The van der Waals surface area contributed by atoms with E-state index >= 15 is 0 Å². The van der Waals surface area contributed by atoms with Crippen LogP contribution in [0.15, 0.2) is 17.8 Å². The molecule has 0 aliphatic carbocycles. The van der Waals surface area contributed by atoms with Crippen LogP contribution in [0.4, 0.5) is 5.82 Å². The minimum absolute atomic E-state index is 0.0213. The lowest BCUT2D eigenvalue weighted by Gasteiger charge is -2.36. The van der Waals surface area contributed by atoms with E-state index in [9.17, 15) is 4.79 Å². The van der Waals surface area contributed by atoms with Crippen molar-refractivity contribution in [1.82, 2.24) is 14.9 Å². The number of anilines is 1. The van der Waals surface area contributed by atoms with Crippen molar-refractivity contribution in [2.45, 2.75) is 13.0 Å². The average molecular weight is 291 g/mol. The van der Waals surface area contributed by atoms with E-state index < -0.39 is 6.04 Å². The molecule has 1 saturated heterocycles. The van der Waals surface area contributed by atoms with E-state index in [4.69, 9.17) is 5.73 Å². The van der Waals surface area contributed by atoms with Crippen molar-refractivity contribution in [2.75, 3.05) is 31.1 Å². The van der Waals surface area contributed by atoms with Crippen LogP contribution < -0.4 is 10.6 Å². The zero-order chi connectivity index (χ0) is 14.1. The van der Waals surface area contributed by atoms with Crippen molar-refractivity contribution in [1.29, 1.82) is 0 Å². The summed E-state index contributed by atoms with van der Waals surface area (Å²) in [6.07, 6.45) is 1.60. The molecule has 1 atom stereocenters. The van der Waals surface area contributed by atoms with E-state index in [2.05, 4.69) is 20.9 Å². The van der Waals surface area contributed by atoms with E-state index in [-0.39, 0.29) is 5.91 Å². The van der Waals surface area contributed by atoms with Gasteiger partial charge in [0.15, 0.2) is 0 Å². The second kappa shape index (κ2) is 5.34. The van der Waals surface area contributed by atoms with E-state index in [0.29, 0.717) is 13.1 Å². The molecule has 106 valence electrons. The number of aromatic nitrogens is 2. The van der Waals surface area contributed by atoms with Crippen molar-refractivity contribution in [3.05, 3.63) is 17.8 Å². The van der Waals surface area contributed by atoms with Crippen LogP contribution in [0, 0.1) is 0 Å². The van der Waals surface area contributed by atoms with Crippen molar-refractivity contribution < 1.29 is 4.79 Å². The van der Waals surface area contributed by atoms with Crippen LogP contribution in [-0.4, -0.2) is 53.0 Å². The number of carbonyl (C=O) groups is 1. The third-order valence-electron chi connectivity index (χ3n) is 3.52. The largest absolute Gasteiger partial charge is 0.352 e. The summed E-state index contributed by atoms with van der Waals surface area (Å²) in [6, 6.07) is 1.62. The number of nitrogens with two attached hydrogens (primary N) is 1. The maximum absolute atomic E-state index is 11.9. The highest BCUT2D eigenvalue weighted by atomic mass is 32.1. The standard InChI is InChI=1S/C13H17N5OS/c1-9(14)13(19)18-5-3-17(4-6-18)11-10-2-7-20-12(10)16-8-15-11/h2,7-9H,3-6,14H2,1H3. The van der Waals surface area contributed by atoms with Gasteiger partial charge < -0.3 is 15.5 Å². The smallest absolute Gasteiger partial charge is 0.239 e. The number of piperazine rings is 1. The van der Waals surface area contributed by atoms with Gasteiger partial charge in [-0.1, -0.05) is 0 Å². The molecule has 1 aliphatic heterocycles. The number of fused-ring (bicyclic) bond motifs is 1. The Hall–Kier alpha value is -1.73. The highest BCUT2D eigenvalue weighted by molar-refractivity contribution is 7.16. The maximum Gasteiger partial charge on any atom is 0.239 e. The van der Waals surface area contributed by atoms with Crippen LogP contribution in [0.5, 0.6) is 0 Å². The van der Waals surface area contributed by atoms with Gasteiger partial charge in [0.1, 0.15) is 17.0 Å². The predicted molar refractivity (Wildman–Crippen MR) is 79.9 cm³/mol. The van der Waals surface area contributed by atoms with Gasteiger partial charge in [0.2, 0.25) is 5.91 Å². The Labute approximate surface area is 121 Å². The fraction of sp³-hybridized carbons (Fsp3) is 0.462. The molecule has 1 fully saturated rings. The summed E-state index contributed by atoms with van der Waals surface area (Å²) in [5.74, 6) is 0.983. The number of hydrogen-bond donors (Lipinski definition) is 1. The number of rotatable bonds is 2. The number of hydrogen-bond acceptors (Lipinski definition) is 6. The van der Waals surface area contributed by atoms with Gasteiger partial charge in [-0.25, -0.2) is 9.97 Å². The second-order valence-electron chi connectivity index (χ2n) is 4.94. The van der Waals surface area contributed by atoms with E-state index in [1.807, 2.05) is 10.3 Å². The summed E-state index contributed by atoms with van der Waals surface area (Å²) >= 11 is 1.62. The van der Waals surface area contributed by atoms with Gasteiger partial charge in [0.05, 0.1) is 11.4 Å². The third kappa shape index (κ3) is 2.34. The van der Waals surface area contributed by atoms with E-state index in [0.717, 1.165) is 29.1 Å². The van der Waals surface area contributed by atoms with E-state index in [1.54, 1.807) is 24.6 Å². The molecule has 6 nitrogen and oxygen atoms in total. The van der Waals surface area contributed by atoms with Crippen molar-refractivity contribution in [3.63, 3.8) is 0 Å². The maximum atomic E-state index is 11.9. The number of thiophene rings is 1. The molecule has 2 aromatic rings. The summed E-state index contributed by atoms with van der Waals surface area (Å²) in [5.41, 5.74) is 5.65. The van der Waals surface area contributed by atoms with Crippen molar-refractivity contribution in [3.8, 4) is 0 Å². The van der Waals surface area contributed by atoms with Gasteiger partial charge in [0, 0.05) is 26.2 Å². The van der Waals surface area contributed by atoms with E-state index in [1.165, 1.54) is 0 Å². The van der Waals surface area contributed by atoms with Gasteiger partial charge in [-0.05, 0) is 18.4 Å². The minimum atomic E-state index is -0.427. The van der Waals surface area contributed by atoms with Crippen LogP contribution in [0.25, 0.3) is 10.2 Å². The lowest BCUT2D eigenvalue weighted by Crippen LogP contribution is -2.52. The predicted octanol–water partition coefficient (Wildman–Crippen LogP) is 0.687. The van der Waals surface area contributed by atoms with Crippen LogP contribution in [0.3, 0.4) is 0 Å². The Bertz CT molecular complexity index is 618. The van der Waals surface area contributed by atoms with Crippen LogP contribution in [-0.2, 0) is 4.79 Å². The van der Waals surface area contributed by atoms with Crippen molar-refractivity contribution in [2.24, 2.45) is 5.73 Å². The van der Waals surface area contributed by atoms with Gasteiger partial charge in [-0.3, -0.25) is 4.79 Å². The molecule has 0 spiro atoms. The normalized spacial score (nSPS) is 17.5. The molecular weight excluding hydrogens is 274 g/mol. The first-order valence-electron chi connectivity index (χ1n) is 6.64. The van der Waals surface area contributed by atoms with Gasteiger partial charge >= 0.3 is 0 Å². The summed E-state index contributed by atoms with van der Waals surface area (Å²) in [7, 11) is 0. The highest BCUT2D eigenvalue weighted by Crippen LogP contribution is 2.27. The molecule has 0 saturated carbocycles. The first kappa shape index (κ1) is 13.3. The summed E-state index contributed by atoms with van der Waals surface area (Å²) in [4.78, 5) is 25.6. The van der Waals surface area contributed by atoms with Gasteiger partial charge in [-0.2, -0.15) is 0 Å². The number of amides is 1. The quantitative estimate of drug-likeness (QED) is 0.881. The zero-order valence-corrected chi connectivity index (χ0v) is 12.1. The monoisotopic (exact) mass is 291 g/mol. The van der Waals surface area contributed by atoms with Gasteiger partial charge in [-0.15, -0.1) is 11.3 Å². The molecule has 0 bridgehead atoms. The first-order valence-corrected chi connectivity index (χ1v) is 7.52. The molecule has 2 aromatic heterocycles. The van der Waals surface area contributed by atoms with Crippen LogP contribution in [0.2, 0.25) is 0 Å². The zero-order valence-electron chi connectivity index (χ0n) is 11.3. The van der Waals surface area contributed by atoms with Gasteiger partial charge in [0.25, 0.3) is 0 Å². The molecule has 1 unspecified atom stereocenters. The van der Waals surface area contributed by atoms with Crippen LogP contribution in [0.1, 0.15) is 6.92 Å². The molecule has 0 radical (unpaired) electrons. The second-order valence-corrected chi connectivity index (χ2v) is 5.83. The molecule has 20 heavy (non-hydrogen) atoms. The Morgan fingerprint density at radius 2 is 2.10 bits per heavy atom.